The molecule has 1 aromatic heterocycles. The summed E-state index contributed by atoms with van der Waals surface area (Å²) in [5, 5.41) is 10.4. The average molecular weight is 298 g/mol. The van der Waals surface area contributed by atoms with E-state index in [-0.39, 0.29) is 17.9 Å². The van der Waals surface area contributed by atoms with Crippen molar-refractivity contribution >= 4 is 11.7 Å². The number of carbonyl (C=O) groups is 1. The number of nitrogen functional groups attached to an aromatic ring is 1. The molecule has 2 rings (SSSR count). The molecule has 2 heterocycles. The van der Waals surface area contributed by atoms with Crippen LogP contribution in [0.5, 0.6) is 0 Å². The molecule has 1 saturated heterocycles. The van der Waals surface area contributed by atoms with Crippen LogP contribution in [0, 0.1) is 5.82 Å². The molecule has 0 atom stereocenters. The number of ether oxygens (including phenoxy) is 1. The molecule has 116 valence electrons. The number of hydrazine groups is 1. The third-order valence-corrected chi connectivity index (χ3v) is 3.56. The number of carbonyl (C=O) groups excluding carboxylic acids is 1. The summed E-state index contributed by atoms with van der Waals surface area (Å²) in [6.07, 6.45) is 2.18. The number of hydrogen-bond acceptors (Lipinski definition) is 6. The fraction of sp³-hybridized carbons (Fsp3) is 0.538. The molecular weight excluding hydrogens is 279 g/mol. The number of amides is 1. The molecule has 7 nitrogen and oxygen atoms in total. The molecule has 0 radical (unpaired) electrons. The average Bonchev–Trinajstić information content (AvgIpc) is 2.47. The van der Waals surface area contributed by atoms with Crippen LogP contribution in [0.4, 0.5) is 10.2 Å². The minimum Gasteiger partial charge on any atom is -0.388 e. The zero-order valence-electron chi connectivity index (χ0n) is 11.8. The lowest BCUT2D eigenvalue weighted by Crippen LogP contribution is -2.47. The van der Waals surface area contributed by atoms with Crippen molar-refractivity contribution in [3.63, 3.8) is 0 Å². The monoisotopic (exact) mass is 298 g/mol. The van der Waals surface area contributed by atoms with E-state index in [1.807, 2.05) is 0 Å². The fourth-order valence-corrected chi connectivity index (χ4v) is 2.34. The third kappa shape index (κ3) is 3.46. The molecule has 0 bridgehead atoms. The van der Waals surface area contributed by atoms with Gasteiger partial charge in [-0.2, -0.15) is 0 Å². The Morgan fingerprint density at radius 3 is 2.90 bits per heavy atom. The van der Waals surface area contributed by atoms with Gasteiger partial charge in [0.15, 0.2) is 11.6 Å². The number of halogens is 1. The van der Waals surface area contributed by atoms with Crippen LogP contribution in [-0.4, -0.2) is 53.3 Å². The van der Waals surface area contributed by atoms with Crippen molar-refractivity contribution in [2.75, 3.05) is 32.2 Å². The van der Waals surface area contributed by atoms with Gasteiger partial charge in [-0.1, -0.05) is 0 Å². The molecule has 0 unspecified atom stereocenters. The van der Waals surface area contributed by atoms with Crippen LogP contribution in [0.3, 0.4) is 0 Å². The lowest BCUT2D eigenvalue weighted by Gasteiger charge is -2.35. The van der Waals surface area contributed by atoms with Gasteiger partial charge in [-0.05, 0) is 6.07 Å². The first-order chi connectivity index (χ1) is 9.97. The lowest BCUT2D eigenvalue weighted by atomic mass is 9.94. The summed E-state index contributed by atoms with van der Waals surface area (Å²) >= 11 is 0. The lowest BCUT2D eigenvalue weighted by molar-refractivity contribution is -0.0734. The quantitative estimate of drug-likeness (QED) is 0.539. The van der Waals surface area contributed by atoms with Crippen molar-refractivity contribution in [1.29, 1.82) is 0 Å². The number of likely N-dealkylation sites (N-methyl/N-ethyl adjacent to an activating group) is 1. The van der Waals surface area contributed by atoms with E-state index in [0.717, 1.165) is 0 Å². The van der Waals surface area contributed by atoms with Crippen LogP contribution in [0.15, 0.2) is 12.3 Å². The van der Waals surface area contributed by atoms with Gasteiger partial charge in [0.1, 0.15) is 0 Å². The van der Waals surface area contributed by atoms with Gasteiger partial charge in [-0.15, -0.1) is 0 Å². The summed E-state index contributed by atoms with van der Waals surface area (Å²) in [5.74, 6) is 3.59. The molecular formula is C13H19FN4O3. The van der Waals surface area contributed by atoms with E-state index >= 15 is 0 Å². The van der Waals surface area contributed by atoms with Crippen molar-refractivity contribution in [2.45, 2.75) is 18.4 Å². The first-order valence-corrected chi connectivity index (χ1v) is 6.63. The molecule has 4 N–H and O–H groups in total. The second kappa shape index (κ2) is 6.33. The minimum atomic E-state index is -0.999. The summed E-state index contributed by atoms with van der Waals surface area (Å²) in [6.45, 7) is 1.01. The summed E-state index contributed by atoms with van der Waals surface area (Å²) in [7, 11) is 1.52. The number of aromatic nitrogens is 1. The second-order valence-corrected chi connectivity index (χ2v) is 5.16. The first-order valence-electron chi connectivity index (χ1n) is 6.63. The Bertz CT molecular complexity index is 520. The number of rotatable bonds is 4. The predicted octanol–water partition coefficient (Wildman–Crippen LogP) is 0.120. The molecule has 1 aliphatic heterocycles. The van der Waals surface area contributed by atoms with Crippen LogP contribution >= 0.6 is 0 Å². The van der Waals surface area contributed by atoms with E-state index in [9.17, 15) is 14.3 Å². The third-order valence-electron chi connectivity index (χ3n) is 3.56. The highest BCUT2D eigenvalue weighted by atomic mass is 19.1. The summed E-state index contributed by atoms with van der Waals surface area (Å²) in [5.41, 5.74) is 0.954. The molecule has 1 fully saturated rings. The Morgan fingerprint density at radius 1 is 1.62 bits per heavy atom. The highest BCUT2D eigenvalue weighted by Crippen LogP contribution is 2.23. The zero-order valence-corrected chi connectivity index (χ0v) is 11.8. The largest absolute Gasteiger partial charge is 0.388 e. The van der Waals surface area contributed by atoms with E-state index in [1.54, 1.807) is 0 Å². The second-order valence-electron chi connectivity index (χ2n) is 5.16. The molecule has 0 spiro atoms. The molecule has 1 aromatic rings. The smallest absolute Gasteiger partial charge is 0.256 e. The molecule has 21 heavy (non-hydrogen) atoms. The molecule has 0 aliphatic carbocycles. The van der Waals surface area contributed by atoms with E-state index in [4.69, 9.17) is 10.6 Å². The topological polar surface area (TPSA) is 101 Å². The number of aliphatic hydroxyl groups is 1. The van der Waals surface area contributed by atoms with Gasteiger partial charge in [-0.3, -0.25) is 4.79 Å². The van der Waals surface area contributed by atoms with Gasteiger partial charge in [0.05, 0.1) is 11.2 Å². The highest BCUT2D eigenvalue weighted by Gasteiger charge is 2.33. The van der Waals surface area contributed by atoms with Gasteiger partial charge in [0, 0.05) is 45.8 Å². The van der Waals surface area contributed by atoms with Crippen LogP contribution in [0.25, 0.3) is 0 Å². The van der Waals surface area contributed by atoms with Crippen molar-refractivity contribution in [3.05, 3.63) is 23.6 Å². The van der Waals surface area contributed by atoms with Crippen molar-refractivity contribution in [3.8, 4) is 0 Å². The van der Waals surface area contributed by atoms with Crippen LogP contribution in [0.2, 0.25) is 0 Å². The number of pyridine rings is 1. The number of nitrogens with zero attached hydrogens (tertiary/aromatic N) is 2. The van der Waals surface area contributed by atoms with Gasteiger partial charge < -0.3 is 20.2 Å². The maximum Gasteiger partial charge on any atom is 0.256 e. The van der Waals surface area contributed by atoms with Gasteiger partial charge in [0.2, 0.25) is 0 Å². The summed E-state index contributed by atoms with van der Waals surface area (Å²) in [4.78, 5) is 17.3. The Balaban J connectivity index is 2.12. The molecule has 1 amide bonds. The zero-order chi connectivity index (χ0) is 15.5. The van der Waals surface area contributed by atoms with Gasteiger partial charge >= 0.3 is 0 Å². The maximum atomic E-state index is 14.0. The molecule has 8 heteroatoms. The maximum absolute atomic E-state index is 14.0. The summed E-state index contributed by atoms with van der Waals surface area (Å²) in [6, 6.07) is 1.28. The van der Waals surface area contributed by atoms with Crippen molar-refractivity contribution in [1.82, 2.24) is 9.88 Å². The predicted molar refractivity (Wildman–Crippen MR) is 74.0 cm³/mol. The number of hydrogen-bond donors (Lipinski definition) is 3. The molecule has 0 saturated carbocycles. The fourth-order valence-electron chi connectivity index (χ4n) is 2.34. The Hall–Kier alpha value is -1.77. The summed E-state index contributed by atoms with van der Waals surface area (Å²) < 4.78 is 19.2. The molecule has 1 aliphatic rings. The van der Waals surface area contributed by atoms with Crippen LogP contribution in [-0.2, 0) is 4.74 Å². The van der Waals surface area contributed by atoms with Crippen LogP contribution in [0.1, 0.15) is 23.2 Å². The van der Waals surface area contributed by atoms with Crippen LogP contribution < -0.4 is 11.3 Å². The van der Waals surface area contributed by atoms with E-state index in [2.05, 4.69) is 10.4 Å². The minimum absolute atomic E-state index is 0.113. The standard InChI is InChI=1S/C13H19FN4O3/c1-18(8-13(20)3-6-21-7-4-13)12(19)9-2-5-16-11(17-15)10(9)14/h2,5,20H,3-4,6-8,15H2,1H3,(H,16,17). The van der Waals surface area contributed by atoms with Gasteiger partial charge in [-0.25, -0.2) is 15.2 Å². The van der Waals surface area contributed by atoms with E-state index in [0.29, 0.717) is 26.1 Å². The number of nitrogens with one attached hydrogen (secondary N) is 1. The SMILES string of the molecule is CN(CC1(O)CCOCC1)C(=O)c1ccnc(NN)c1F. The highest BCUT2D eigenvalue weighted by molar-refractivity contribution is 5.95. The van der Waals surface area contributed by atoms with E-state index < -0.39 is 17.3 Å². The first kappa shape index (κ1) is 15.6. The Kier molecular flexibility index (Phi) is 4.71. The molecule has 0 aromatic carbocycles. The number of anilines is 1. The van der Waals surface area contributed by atoms with Crippen molar-refractivity contribution < 1.29 is 19.0 Å². The number of nitrogens with two attached hydrogens (primary N) is 1. The van der Waals surface area contributed by atoms with Crippen molar-refractivity contribution in [2.24, 2.45) is 5.84 Å². The normalized spacial score (nSPS) is 17.3. The Morgan fingerprint density at radius 2 is 2.29 bits per heavy atom. The van der Waals surface area contributed by atoms with Gasteiger partial charge in [0.25, 0.3) is 5.91 Å². The van der Waals surface area contributed by atoms with E-state index in [1.165, 1.54) is 24.2 Å². The Labute approximate surface area is 121 Å².